The van der Waals surface area contributed by atoms with Crippen LogP contribution in [0.4, 0.5) is 11.4 Å². The first kappa shape index (κ1) is 37.6. The molecule has 2 aliphatic heterocycles. The molecule has 0 fully saturated rings. The van der Waals surface area contributed by atoms with Crippen LogP contribution in [0.25, 0.3) is 11.1 Å². The Morgan fingerprint density at radius 1 is 0.898 bits per heavy atom. The van der Waals surface area contributed by atoms with E-state index in [9.17, 15) is 25.9 Å². The average Bonchev–Trinajstić information content (AvgIpc) is 3.53. The number of thioether (sulfide) groups is 1. The highest BCUT2D eigenvalue weighted by Crippen LogP contribution is 2.48. The van der Waals surface area contributed by atoms with Crippen molar-refractivity contribution < 1.29 is 35.3 Å². The molecule has 262 valence electrons. The molecule has 0 amide bonds. The van der Waals surface area contributed by atoms with E-state index in [0.717, 1.165) is 43.7 Å². The SMILES string of the molecule is COCCC1C(C=CC=C2Sc3ccc(-c4ccccc4)cc3N2CCCCS(=O)(=O)O)=[N+](CCCCS(=O)(=O)O)c2cc(Cl)c(Cl)cc21. The van der Waals surface area contributed by atoms with Crippen LogP contribution in [0.15, 0.2) is 88.8 Å². The van der Waals surface area contributed by atoms with E-state index in [1.165, 1.54) is 0 Å². The molecule has 0 aliphatic carbocycles. The summed E-state index contributed by atoms with van der Waals surface area (Å²) in [6, 6.07) is 20.2. The van der Waals surface area contributed by atoms with Gasteiger partial charge in [-0.15, -0.1) is 0 Å². The molecule has 0 radical (unpaired) electrons. The first-order valence-electron chi connectivity index (χ1n) is 15.9. The van der Waals surface area contributed by atoms with Crippen molar-refractivity contribution >= 4 is 72.3 Å². The quantitative estimate of drug-likeness (QED) is 0.0843. The van der Waals surface area contributed by atoms with Crippen LogP contribution in [-0.2, 0) is 25.0 Å². The van der Waals surface area contributed by atoms with E-state index in [-0.39, 0.29) is 17.4 Å². The monoisotopic (exact) mass is 765 g/mol. The first-order valence-corrected chi connectivity index (χ1v) is 20.7. The molecule has 0 spiro atoms. The highest BCUT2D eigenvalue weighted by Gasteiger charge is 2.38. The van der Waals surface area contributed by atoms with Gasteiger partial charge in [0.2, 0.25) is 5.69 Å². The lowest BCUT2D eigenvalue weighted by Gasteiger charge is -2.21. The molecule has 3 aromatic carbocycles. The maximum atomic E-state index is 11.4. The highest BCUT2D eigenvalue weighted by molar-refractivity contribution is 8.03. The lowest BCUT2D eigenvalue weighted by Crippen LogP contribution is -2.20. The zero-order chi connectivity index (χ0) is 35.2. The molecule has 2 N–H and O–H groups in total. The van der Waals surface area contributed by atoms with Gasteiger partial charge in [0.05, 0.1) is 38.2 Å². The summed E-state index contributed by atoms with van der Waals surface area (Å²) in [7, 11) is -6.46. The van der Waals surface area contributed by atoms with Crippen molar-refractivity contribution in [2.75, 3.05) is 43.2 Å². The minimum atomic E-state index is -4.07. The third-order valence-corrected chi connectivity index (χ3v) is 11.9. The molecule has 9 nitrogen and oxygen atoms in total. The van der Waals surface area contributed by atoms with Crippen molar-refractivity contribution in [3.63, 3.8) is 0 Å². The summed E-state index contributed by atoms with van der Waals surface area (Å²) in [5.74, 6) is -0.664. The van der Waals surface area contributed by atoms with E-state index in [1.807, 2.05) is 48.6 Å². The number of hydrogen-bond acceptors (Lipinski definition) is 7. The predicted octanol–water partition coefficient (Wildman–Crippen LogP) is 8.23. The lowest BCUT2D eigenvalue weighted by atomic mass is 9.92. The Morgan fingerprint density at radius 2 is 1.59 bits per heavy atom. The van der Waals surface area contributed by atoms with E-state index >= 15 is 0 Å². The van der Waals surface area contributed by atoms with Crippen LogP contribution in [0.1, 0.15) is 43.6 Å². The first-order chi connectivity index (χ1) is 23.3. The summed E-state index contributed by atoms with van der Waals surface area (Å²) in [5.41, 5.74) is 6.08. The fourth-order valence-electron chi connectivity index (χ4n) is 6.15. The molecule has 5 rings (SSSR count). The minimum absolute atomic E-state index is 0.0562. The van der Waals surface area contributed by atoms with Gasteiger partial charge in [-0.25, -0.2) is 0 Å². The third-order valence-electron chi connectivity index (χ3n) is 8.43. The largest absolute Gasteiger partial charge is 0.385 e. The fourth-order valence-corrected chi connectivity index (χ4v) is 8.70. The number of unbranched alkanes of at least 4 members (excludes halogenated alkanes) is 2. The van der Waals surface area contributed by atoms with E-state index < -0.39 is 20.2 Å². The van der Waals surface area contributed by atoms with Crippen molar-refractivity contribution in [2.24, 2.45) is 0 Å². The third kappa shape index (κ3) is 9.98. The van der Waals surface area contributed by atoms with Gasteiger partial charge in [-0.1, -0.05) is 77.4 Å². The van der Waals surface area contributed by atoms with Crippen LogP contribution in [0, 0.1) is 0 Å². The van der Waals surface area contributed by atoms with Crippen LogP contribution in [0.2, 0.25) is 10.0 Å². The Labute approximate surface area is 302 Å². The topological polar surface area (TPSA) is 124 Å². The second kappa shape index (κ2) is 16.6. The van der Waals surface area contributed by atoms with Gasteiger partial charge in [0, 0.05) is 49.3 Å². The number of hydrogen-bond donors (Lipinski definition) is 2. The smallest absolute Gasteiger partial charge is 0.264 e. The maximum Gasteiger partial charge on any atom is 0.264 e. The van der Waals surface area contributed by atoms with Crippen LogP contribution >= 0.6 is 35.0 Å². The standard InChI is InChI=1S/C35H38Cl2N2O7S3/c1-46-19-16-27-28-23-29(36)30(37)24-32(28)38(17-5-7-20-48(40,41)42)31(27)12-9-13-35-39(18-6-8-21-49(43,44)45)33-22-26(14-15-34(33)47-35)25-10-3-2-4-11-25/h2-4,9-15,22-24,27H,5-8,16-21H2,1H3,(H-,40,41,42,43,44,45)/p+1. The number of benzene rings is 3. The Kier molecular flexibility index (Phi) is 12.7. The molecule has 0 saturated carbocycles. The Balaban J connectivity index is 1.48. The zero-order valence-corrected chi connectivity index (χ0v) is 30.9. The molecule has 3 aromatic rings. The number of halogens is 2. The Morgan fingerprint density at radius 3 is 2.29 bits per heavy atom. The fraction of sp³-hybridized carbons (Fsp3) is 0.343. The van der Waals surface area contributed by atoms with Crippen LogP contribution in [-0.4, -0.2) is 74.5 Å². The molecule has 1 unspecified atom stereocenters. The van der Waals surface area contributed by atoms with Gasteiger partial charge in [-0.2, -0.15) is 21.4 Å². The average molecular weight is 767 g/mol. The van der Waals surface area contributed by atoms with Crippen LogP contribution < -0.4 is 4.90 Å². The normalized spacial score (nSPS) is 17.0. The van der Waals surface area contributed by atoms with Gasteiger partial charge < -0.3 is 9.64 Å². The van der Waals surface area contributed by atoms with Crippen LogP contribution in [0.5, 0.6) is 0 Å². The summed E-state index contributed by atoms with van der Waals surface area (Å²) in [6.45, 7) is 1.57. The van der Waals surface area contributed by atoms with Crippen molar-refractivity contribution in [3.8, 4) is 11.1 Å². The molecule has 0 saturated heterocycles. The molecule has 1 atom stereocenters. The number of ether oxygens (including phenoxy) is 1. The zero-order valence-electron chi connectivity index (χ0n) is 27.0. The number of anilines is 1. The molecule has 2 aliphatic rings. The molecule has 0 bridgehead atoms. The van der Waals surface area contributed by atoms with E-state index in [2.05, 4.69) is 39.8 Å². The number of fused-ring (bicyclic) bond motifs is 2. The Hall–Kier alpha value is -2.68. The summed E-state index contributed by atoms with van der Waals surface area (Å²) in [4.78, 5) is 3.27. The summed E-state index contributed by atoms with van der Waals surface area (Å²) in [5, 5.41) is 1.83. The Bertz CT molecular complexity index is 1980. The molecule has 14 heteroatoms. The van der Waals surface area contributed by atoms with Gasteiger partial charge in [-0.05, 0) is 61.1 Å². The summed E-state index contributed by atoms with van der Waals surface area (Å²) >= 11 is 14.6. The van der Waals surface area contributed by atoms with Crippen molar-refractivity contribution in [1.29, 1.82) is 0 Å². The molecule has 49 heavy (non-hydrogen) atoms. The van der Waals surface area contributed by atoms with Gasteiger partial charge in [0.15, 0.2) is 5.71 Å². The van der Waals surface area contributed by atoms with Gasteiger partial charge in [-0.3, -0.25) is 9.11 Å². The van der Waals surface area contributed by atoms with Gasteiger partial charge in [0.25, 0.3) is 20.2 Å². The summed E-state index contributed by atoms with van der Waals surface area (Å²) < 4.78 is 71.6. The lowest BCUT2D eigenvalue weighted by molar-refractivity contribution is -0.437. The van der Waals surface area contributed by atoms with E-state index in [0.29, 0.717) is 61.8 Å². The maximum absolute atomic E-state index is 11.4. The predicted molar refractivity (Wildman–Crippen MR) is 199 cm³/mol. The minimum Gasteiger partial charge on any atom is -0.385 e. The number of rotatable bonds is 16. The summed E-state index contributed by atoms with van der Waals surface area (Å²) in [6.07, 6.45) is 8.45. The molecular weight excluding hydrogens is 727 g/mol. The molecule has 2 heterocycles. The second-order valence-electron chi connectivity index (χ2n) is 11.9. The molecule has 0 aromatic heterocycles. The van der Waals surface area contributed by atoms with Gasteiger partial charge >= 0.3 is 0 Å². The van der Waals surface area contributed by atoms with Crippen molar-refractivity contribution in [3.05, 3.63) is 99.5 Å². The molecular formula is C35H39Cl2N2O7S3+. The van der Waals surface area contributed by atoms with Gasteiger partial charge in [0.1, 0.15) is 6.54 Å². The van der Waals surface area contributed by atoms with Crippen molar-refractivity contribution in [1.82, 2.24) is 0 Å². The number of allylic oxidation sites excluding steroid dienone is 3. The second-order valence-corrected chi connectivity index (χ2v) is 16.9. The highest BCUT2D eigenvalue weighted by atomic mass is 35.5. The van der Waals surface area contributed by atoms with Crippen molar-refractivity contribution in [2.45, 2.75) is 42.9 Å². The van der Waals surface area contributed by atoms with E-state index in [1.54, 1.807) is 18.9 Å². The number of methoxy groups -OCH3 is 1. The van der Waals surface area contributed by atoms with Crippen LogP contribution in [0.3, 0.4) is 0 Å². The van der Waals surface area contributed by atoms with E-state index in [4.69, 9.17) is 27.9 Å². The number of nitrogens with zero attached hydrogens (tertiary/aromatic N) is 2.